The van der Waals surface area contributed by atoms with Crippen LogP contribution in [0.3, 0.4) is 0 Å². The van der Waals surface area contributed by atoms with Gasteiger partial charge < -0.3 is 4.90 Å². The zero-order chi connectivity index (χ0) is 38.8. The molecule has 2 rings (SSSR count). The zero-order valence-corrected chi connectivity index (χ0v) is 36.6. The monoisotopic (exact) mass is 762 g/mol. The molecule has 0 N–H and O–H groups in total. The predicted molar refractivity (Wildman–Crippen MR) is 238 cm³/mol. The summed E-state index contributed by atoms with van der Waals surface area (Å²) in [6, 6.07) is 7.28. The number of hydrogen-bond donors (Lipinski definition) is 0. The Kier molecular flexibility index (Phi) is 25.2. The Morgan fingerprint density at radius 2 is 1.40 bits per heavy atom. The first-order valence-corrected chi connectivity index (χ1v) is 23.3. The number of ketones is 2. The van der Waals surface area contributed by atoms with E-state index in [0.717, 1.165) is 49.3 Å². The fourth-order valence-electron chi connectivity index (χ4n) is 7.09. The Morgan fingerprint density at radius 1 is 0.755 bits per heavy atom. The summed E-state index contributed by atoms with van der Waals surface area (Å²) < 4.78 is 0. The van der Waals surface area contributed by atoms with Crippen molar-refractivity contribution in [2.75, 3.05) is 26.4 Å². The molecule has 1 aliphatic carbocycles. The van der Waals surface area contributed by atoms with Gasteiger partial charge in [0.25, 0.3) is 0 Å². The van der Waals surface area contributed by atoms with Gasteiger partial charge in [0.1, 0.15) is 0 Å². The number of nitrogens with zero attached hydrogens (tertiary/aromatic N) is 1. The Balaban J connectivity index is 1.80. The van der Waals surface area contributed by atoms with Gasteiger partial charge in [0.2, 0.25) is 0 Å². The van der Waals surface area contributed by atoms with Gasteiger partial charge in [0.05, 0.1) is 0 Å². The number of hydrogen-bond acceptors (Lipinski definition) is 5. The Morgan fingerprint density at radius 3 is 2.06 bits per heavy atom. The van der Waals surface area contributed by atoms with E-state index in [0.29, 0.717) is 34.6 Å². The van der Waals surface area contributed by atoms with Crippen LogP contribution in [0.1, 0.15) is 165 Å². The number of benzene rings is 1. The highest BCUT2D eigenvalue weighted by atomic mass is 33.1. The van der Waals surface area contributed by atoms with Gasteiger partial charge in [0.15, 0.2) is 11.6 Å². The van der Waals surface area contributed by atoms with Gasteiger partial charge in [-0.2, -0.15) is 0 Å². The Labute approximate surface area is 334 Å². The molecule has 3 unspecified atom stereocenters. The molecule has 1 aromatic rings. The Hall–Kier alpha value is -2.08. The molecule has 296 valence electrons. The minimum atomic E-state index is -0.00334. The first-order chi connectivity index (χ1) is 25.5. The first-order valence-electron chi connectivity index (χ1n) is 21.0. The molecule has 3 atom stereocenters. The maximum atomic E-state index is 13.4. The van der Waals surface area contributed by atoms with Crippen molar-refractivity contribution >= 4 is 33.2 Å². The predicted octanol–water partition coefficient (Wildman–Crippen LogP) is 14.7. The molecule has 0 fully saturated rings. The molecule has 0 saturated carbocycles. The topological polar surface area (TPSA) is 37.4 Å². The third-order valence-corrected chi connectivity index (χ3v) is 13.0. The minimum Gasteiger partial charge on any atom is -0.309 e. The number of unbranched alkanes of at least 4 members (excludes halogenated alkanes) is 4. The molecule has 1 aliphatic rings. The maximum absolute atomic E-state index is 13.4. The highest BCUT2D eigenvalue weighted by molar-refractivity contribution is 8.78. The summed E-state index contributed by atoms with van der Waals surface area (Å²) >= 11 is 0. The molecular formula is C48H75NO2S2. The highest BCUT2D eigenvalue weighted by Crippen LogP contribution is 2.37. The van der Waals surface area contributed by atoms with Crippen molar-refractivity contribution < 1.29 is 9.59 Å². The van der Waals surface area contributed by atoms with Gasteiger partial charge in [-0.15, -0.1) is 0 Å². The van der Waals surface area contributed by atoms with Crippen molar-refractivity contribution in [3.63, 3.8) is 0 Å². The van der Waals surface area contributed by atoms with Gasteiger partial charge in [-0.05, 0) is 95.5 Å². The number of carbonyl (C=O) groups excluding carboxylic acids is 2. The van der Waals surface area contributed by atoms with Gasteiger partial charge in [0, 0.05) is 40.5 Å². The molecule has 0 spiro atoms. The third kappa shape index (κ3) is 20.4. The van der Waals surface area contributed by atoms with Crippen molar-refractivity contribution in [1.29, 1.82) is 0 Å². The summed E-state index contributed by atoms with van der Waals surface area (Å²) in [5, 5.41) is 0. The summed E-state index contributed by atoms with van der Waals surface area (Å²) in [5.74, 6) is 4.04. The van der Waals surface area contributed by atoms with Crippen LogP contribution in [-0.4, -0.2) is 42.9 Å². The average Bonchev–Trinajstić information content (AvgIpc) is 3.11. The van der Waals surface area contributed by atoms with Crippen LogP contribution in [-0.2, 0) is 0 Å². The molecule has 3 nitrogen and oxygen atoms in total. The standard InChI is InChI=1S/C48H75NO2S2/c1-9-24-42(37-49(7)8)30-17-15-13-11-10-12-14-16-20-36-52-53-43(31-23-29-40(5)28-22-27-39(4)26-21-25-38(2)3)34-35-44-41(6)47(50)45-32-18-19-33-46(45)48(44)51/h9,11,13,17-19,24,30,32-34,38-40,42H,10,12,14-16,20-23,25-29,31,35-37H2,1-8H3/b13-11-,24-9+,30-17-,43-34+. The van der Waals surface area contributed by atoms with E-state index >= 15 is 0 Å². The summed E-state index contributed by atoms with van der Waals surface area (Å²) in [4.78, 5) is 30.1. The maximum Gasteiger partial charge on any atom is 0.190 e. The molecule has 0 bridgehead atoms. The van der Waals surface area contributed by atoms with Crippen LogP contribution in [0.15, 0.2) is 82.8 Å². The SMILES string of the molecule is C/C=C/C(/C=C\C/C=C\CCCCCCSS/C(=C/CC1=C(C)C(=O)c2ccccc2C1=O)CCCC(C)CCCC(C)CCCC(C)C)CN(C)C. The third-order valence-electron chi connectivity index (χ3n) is 10.4. The van der Waals surface area contributed by atoms with Crippen molar-refractivity contribution in [2.24, 2.45) is 23.7 Å². The summed E-state index contributed by atoms with van der Waals surface area (Å²) in [6.45, 7) is 14.5. The van der Waals surface area contributed by atoms with Crippen molar-refractivity contribution in [2.45, 2.75) is 144 Å². The number of Topliss-reactive ketones (excluding diaryl/α,β-unsaturated/α-hetero) is 2. The summed E-state index contributed by atoms with van der Waals surface area (Å²) in [6.07, 6.45) is 35.3. The molecule has 0 amide bonds. The van der Waals surface area contributed by atoms with Gasteiger partial charge in [-0.1, -0.05) is 174 Å². The number of allylic oxidation sites excluding steroid dienone is 8. The fourth-order valence-corrected chi connectivity index (χ4v) is 9.54. The normalized spacial score (nSPS) is 15.9. The second-order valence-electron chi connectivity index (χ2n) is 16.2. The number of fused-ring (bicyclic) bond motifs is 1. The molecule has 0 heterocycles. The molecule has 1 aromatic carbocycles. The largest absolute Gasteiger partial charge is 0.309 e. The van der Waals surface area contributed by atoms with Crippen LogP contribution < -0.4 is 0 Å². The smallest absolute Gasteiger partial charge is 0.190 e. The molecule has 53 heavy (non-hydrogen) atoms. The number of carbonyl (C=O) groups is 2. The van der Waals surface area contributed by atoms with Gasteiger partial charge in [-0.25, -0.2) is 0 Å². The van der Waals surface area contributed by atoms with E-state index in [2.05, 4.69) is 96.1 Å². The lowest BCUT2D eigenvalue weighted by atomic mass is 9.83. The second kappa shape index (κ2) is 28.3. The number of rotatable bonds is 29. The van der Waals surface area contributed by atoms with Crippen LogP contribution in [0, 0.1) is 23.7 Å². The van der Waals surface area contributed by atoms with E-state index in [4.69, 9.17) is 0 Å². The lowest BCUT2D eigenvalue weighted by Crippen LogP contribution is -2.20. The van der Waals surface area contributed by atoms with Crippen LogP contribution in [0.5, 0.6) is 0 Å². The average molecular weight is 762 g/mol. The molecule has 0 aliphatic heterocycles. The van der Waals surface area contributed by atoms with Crippen LogP contribution in [0.4, 0.5) is 0 Å². The molecular weight excluding hydrogens is 687 g/mol. The van der Waals surface area contributed by atoms with E-state index in [1.807, 2.05) is 40.6 Å². The van der Waals surface area contributed by atoms with E-state index < -0.39 is 0 Å². The van der Waals surface area contributed by atoms with Crippen molar-refractivity contribution in [1.82, 2.24) is 4.90 Å². The minimum absolute atomic E-state index is 0.00334. The Bertz CT molecular complexity index is 1350. The molecule has 0 aromatic heterocycles. The van der Waals surface area contributed by atoms with Crippen molar-refractivity contribution in [3.8, 4) is 0 Å². The summed E-state index contributed by atoms with van der Waals surface area (Å²) in [7, 11) is 8.12. The quantitative estimate of drug-likeness (QED) is 0.0462. The van der Waals surface area contributed by atoms with E-state index in [-0.39, 0.29) is 11.6 Å². The van der Waals surface area contributed by atoms with Crippen LogP contribution in [0.25, 0.3) is 0 Å². The van der Waals surface area contributed by atoms with E-state index in [1.165, 1.54) is 82.0 Å². The lowest BCUT2D eigenvalue weighted by Gasteiger charge is -2.18. The lowest BCUT2D eigenvalue weighted by molar-refractivity contribution is 0.0973. The fraction of sp³-hybridized carbons (Fsp3) is 0.625. The van der Waals surface area contributed by atoms with E-state index in [9.17, 15) is 9.59 Å². The summed E-state index contributed by atoms with van der Waals surface area (Å²) in [5.41, 5.74) is 2.38. The van der Waals surface area contributed by atoms with Crippen LogP contribution >= 0.6 is 21.6 Å². The molecule has 5 heteroatoms. The van der Waals surface area contributed by atoms with Crippen molar-refractivity contribution in [3.05, 3.63) is 94.0 Å². The van der Waals surface area contributed by atoms with E-state index in [1.54, 1.807) is 12.1 Å². The van der Waals surface area contributed by atoms with Crippen LogP contribution in [0.2, 0.25) is 0 Å². The zero-order valence-electron chi connectivity index (χ0n) is 35.0. The first kappa shape index (κ1) is 47.1. The van der Waals surface area contributed by atoms with Gasteiger partial charge in [-0.3, -0.25) is 9.59 Å². The van der Waals surface area contributed by atoms with Gasteiger partial charge >= 0.3 is 0 Å². The molecule has 0 radical (unpaired) electrons. The molecule has 0 saturated heterocycles. The highest BCUT2D eigenvalue weighted by Gasteiger charge is 2.28. The second-order valence-corrected chi connectivity index (χ2v) is 18.8.